The molecular weight excluding hydrogens is 208 g/mol. The molecular formula is C15H16N2. The Kier molecular flexibility index (Phi) is 2.48. The lowest BCUT2D eigenvalue weighted by molar-refractivity contribution is 0.767. The maximum atomic E-state index is 5.90. The van der Waals surface area contributed by atoms with Crippen LogP contribution >= 0.6 is 0 Å². The lowest BCUT2D eigenvalue weighted by atomic mass is 10.0. The van der Waals surface area contributed by atoms with Crippen molar-refractivity contribution < 1.29 is 0 Å². The fourth-order valence-corrected chi connectivity index (χ4v) is 2.47. The van der Waals surface area contributed by atoms with Crippen LogP contribution < -0.4 is 10.6 Å². The van der Waals surface area contributed by atoms with Crippen LogP contribution in [0.4, 0.5) is 17.1 Å². The number of fused-ring (bicyclic) bond motifs is 1. The first-order valence-electron chi connectivity index (χ1n) is 6.05. The zero-order valence-corrected chi connectivity index (χ0v) is 9.76. The summed E-state index contributed by atoms with van der Waals surface area (Å²) in [7, 11) is 0. The zero-order chi connectivity index (χ0) is 11.7. The molecule has 2 N–H and O–H groups in total. The monoisotopic (exact) mass is 224 g/mol. The van der Waals surface area contributed by atoms with Crippen LogP contribution in [0.3, 0.4) is 0 Å². The highest BCUT2D eigenvalue weighted by Gasteiger charge is 2.17. The molecule has 1 aliphatic rings. The van der Waals surface area contributed by atoms with Crippen molar-refractivity contribution in [2.24, 2.45) is 0 Å². The Bertz CT molecular complexity index is 520. The summed E-state index contributed by atoms with van der Waals surface area (Å²) in [6.45, 7) is 1.07. The van der Waals surface area contributed by atoms with E-state index in [1.807, 2.05) is 12.1 Å². The standard InChI is InChI=1S/C15H16N2/c16-13-9-8-12-5-4-10-17(15(12)11-13)14-6-2-1-3-7-14/h1-3,6-9,11H,4-5,10,16H2. The molecule has 3 rings (SSSR count). The minimum atomic E-state index is 0.839. The lowest BCUT2D eigenvalue weighted by Gasteiger charge is -2.31. The molecule has 0 saturated carbocycles. The third-order valence-electron chi connectivity index (χ3n) is 3.30. The van der Waals surface area contributed by atoms with Crippen molar-refractivity contribution in [1.29, 1.82) is 0 Å². The molecule has 0 radical (unpaired) electrons. The largest absolute Gasteiger partial charge is 0.399 e. The van der Waals surface area contributed by atoms with Crippen molar-refractivity contribution in [3.05, 3.63) is 54.1 Å². The van der Waals surface area contributed by atoms with Crippen molar-refractivity contribution in [3.63, 3.8) is 0 Å². The molecule has 2 aromatic rings. The Morgan fingerprint density at radius 2 is 1.82 bits per heavy atom. The van der Waals surface area contributed by atoms with Crippen LogP contribution in [0, 0.1) is 0 Å². The quantitative estimate of drug-likeness (QED) is 0.753. The van der Waals surface area contributed by atoms with Crippen LogP contribution in [0.2, 0.25) is 0 Å². The predicted octanol–water partition coefficient (Wildman–Crippen LogP) is 3.35. The van der Waals surface area contributed by atoms with E-state index in [0.29, 0.717) is 0 Å². The van der Waals surface area contributed by atoms with Crippen LogP contribution in [-0.4, -0.2) is 6.54 Å². The zero-order valence-electron chi connectivity index (χ0n) is 9.76. The molecule has 2 aromatic carbocycles. The fourth-order valence-electron chi connectivity index (χ4n) is 2.47. The van der Waals surface area contributed by atoms with Gasteiger partial charge in [0.15, 0.2) is 0 Å². The first-order chi connectivity index (χ1) is 8.34. The van der Waals surface area contributed by atoms with E-state index in [-0.39, 0.29) is 0 Å². The van der Waals surface area contributed by atoms with Gasteiger partial charge in [-0.15, -0.1) is 0 Å². The van der Waals surface area contributed by atoms with Crippen LogP contribution in [0.5, 0.6) is 0 Å². The molecule has 0 atom stereocenters. The molecule has 0 aromatic heterocycles. The number of nitrogens with two attached hydrogens (primary N) is 1. The van der Waals surface area contributed by atoms with Gasteiger partial charge in [0.1, 0.15) is 0 Å². The molecule has 1 aliphatic heterocycles. The third kappa shape index (κ3) is 1.86. The van der Waals surface area contributed by atoms with E-state index < -0.39 is 0 Å². The van der Waals surface area contributed by atoms with Gasteiger partial charge >= 0.3 is 0 Å². The van der Waals surface area contributed by atoms with E-state index >= 15 is 0 Å². The van der Waals surface area contributed by atoms with E-state index in [0.717, 1.165) is 18.7 Å². The van der Waals surface area contributed by atoms with Gasteiger partial charge < -0.3 is 10.6 Å². The second-order valence-electron chi connectivity index (χ2n) is 4.48. The fraction of sp³-hybridized carbons (Fsp3) is 0.200. The van der Waals surface area contributed by atoms with E-state index in [1.54, 1.807) is 0 Å². The molecule has 0 amide bonds. The molecule has 2 heteroatoms. The van der Waals surface area contributed by atoms with Gasteiger partial charge in [-0.2, -0.15) is 0 Å². The van der Waals surface area contributed by atoms with Crippen molar-refractivity contribution >= 4 is 17.1 Å². The molecule has 0 saturated heterocycles. The summed E-state index contributed by atoms with van der Waals surface area (Å²) < 4.78 is 0. The minimum Gasteiger partial charge on any atom is -0.399 e. The first kappa shape index (κ1) is 10.2. The molecule has 17 heavy (non-hydrogen) atoms. The van der Waals surface area contributed by atoms with Gasteiger partial charge in [0.2, 0.25) is 0 Å². The SMILES string of the molecule is Nc1ccc2c(c1)N(c1ccccc1)CCC2. The number of nitrogens with zero attached hydrogens (tertiary/aromatic N) is 1. The van der Waals surface area contributed by atoms with Gasteiger partial charge in [-0.25, -0.2) is 0 Å². The highest BCUT2D eigenvalue weighted by molar-refractivity contribution is 5.71. The van der Waals surface area contributed by atoms with Crippen molar-refractivity contribution in [3.8, 4) is 0 Å². The van der Waals surface area contributed by atoms with E-state index in [1.165, 1.54) is 23.4 Å². The Balaban J connectivity index is 2.08. The number of hydrogen-bond donors (Lipinski definition) is 1. The minimum absolute atomic E-state index is 0.839. The number of hydrogen-bond acceptors (Lipinski definition) is 2. The molecule has 1 heterocycles. The van der Waals surface area contributed by atoms with Crippen molar-refractivity contribution in [2.45, 2.75) is 12.8 Å². The summed E-state index contributed by atoms with van der Waals surface area (Å²) in [5, 5.41) is 0. The maximum Gasteiger partial charge on any atom is 0.0463 e. The summed E-state index contributed by atoms with van der Waals surface area (Å²) in [6.07, 6.45) is 2.35. The second-order valence-corrected chi connectivity index (χ2v) is 4.48. The van der Waals surface area contributed by atoms with Gasteiger partial charge in [-0.3, -0.25) is 0 Å². The van der Waals surface area contributed by atoms with E-state index in [2.05, 4.69) is 41.3 Å². The second kappa shape index (κ2) is 4.13. The predicted molar refractivity (Wildman–Crippen MR) is 72.6 cm³/mol. The summed E-state index contributed by atoms with van der Waals surface area (Å²) in [5.74, 6) is 0. The Morgan fingerprint density at radius 3 is 2.65 bits per heavy atom. The summed E-state index contributed by atoms with van der Waals surface area (Å²) in [4.78, 5) is 2.36. The number of benzene rings is 2. The van der Waals surface area contributed by atoms with Crippen LogP contribution in [0.1, 0.15) is 12.0 Å². The van der Waals surface area contributed by atoms with Crippen LogP contribution in [0.25, 0.3) is 0 Å². The van der Waals surface area contributed by atoms with Crippen molar-refractivity contribution in [2.75, 3.05) is 17.2 Å². The van der Waals surface area contributed by atoms with Gasteiger partial charge in [-0.1, -0.05) is 24.3 Å². The van der Waals surface area contributed by atoms with Gasteiger partial charge in [0.05, 0.1) is 0 Å². The average Bonchev–Trinajstić information content (AvgIpc) is 2.39. The van der Waals surface area contributed by atoms with E-state index in [9.17, 15) is 0 Å². The number of rotatable bonds is 1. The number of aryl methyl sites for hydroxylation is 1. The molecule has 0 spiro atoms. The molecule has 0 aliphatic carbocycles. The molecule has 0 bridgehead atoms. The topological polar surface area (TPSA) is 29.3 Å². The van der Waals surface area contributed by atoms with Crippen LogP contribution in [0.15, 0.2) is 48.5 Å². The molecule has 0 unspecified atom stereocenters. The summed E-state index contributed by atoms with van der Waals surface area (Å²) >= 11 is 0. The summed E-state index contributed by atoms with van der Waals surface area (Å²) in [5.41, 5.74) is 10.6. The Labute approximate surface area is 102 Å². The molecule has 0 fully saturated rings. The summed E-state index contributed by atoms with van der Waals surface area (Å²) in [6, 6.07) is 16.7. The van der Waals surface area contributed by atoms with Gasteiger partial charge in [0, 0.05) is 23.6 Å². The van der Waals surface area contributed by atoms with Gasteiger partial charge in [-0.05, 0) is 42.7 Å². The average molecular weight is 224 g/mol. The Morgan fingerprint density at radius 1 is 1.00 bits per heavy atom. The smallest absolute Gasteiger partial charge is 0.0463 e. The number of para-hydroxylation sites is 1. The highest BCUT2D eigenvalue weighted by Crippen LogP contribution is 2.34. The maximum absolute atomic E-state index is 5.90. The van der Waals surface area contributed by atoms with E-state index in [4.69, 9.17) is 5.73 Å². The van der Waals surface area contributed by atoms with Crippen LogP contribution in [-0.2, 0) is 6.42 Å². The first-order valence-corrected chi connectivity index (χ1v) is 6.05. The normalized spacial score (nSPS) is 14.5. The highest BCUT2D eigenvalue weighted by atomic mass is 15.1. The van der Waals surface area contributed by atoms with Crippen molar-refractivity contribution in [1.82, 2.24) is 0 Å². The van der Waals surface area contributed by atoms with Gasteiger partial charge in [0.25, 0.3) is 0 Å². The number of nitrogen functional groups attached to an aromatic ring is 1. The molecule has 2 nitrogen and oxygen atoms in total. The lowest BCUT2D eigenvalue weighted by Crippen LogP contribution is -2.24. The number of anilines is 3. The molecule has 86 valence electrons. The third-order valence-corrected chi connectivity index (χ3v) is 3.30. The Hall–Kier alpha value is -1.96.